The third kappa shape index (κ3) is 5.76. The lowest BCUT2D eigenvalue weighted by Crippen LogP contribution is -2.51. The molecule has 2 heterocycles. The van der Waals surface area contributed by atoms with E-state index in [9.17, 15) is 36.0 Å². The maximum atomic E-state index is 13.7. The second kappa shape index (κ2) is 11.2. The minimum Gasteiger partial charge on any atom is -0.469 e. The molecule has 0 radical (unpaired) electrons. The predicted molar refractivity (Wildman–Crippen MR) is 135 cm³/mol. The van der Waals surface area contributed by atoms with Gasteiger partial charge in [-0.3, -0.25) is 14.4 Å². The Morgan fingerprint density at radius 2 is 1.67 bits per heavy atom. The summed E-state index contributed by atoms with van der Waals surface area (Å²) in [6, 6.07) is 4.11. The number of piperidine rings is 1. The standard InChI is InChI=1S/C26H26ClF3N2O6S/c1-13(7-23(33)38-2)26(35)32-16-4-5-17(32)12-18(11-16)39(36,37)22-8-14(3-6-19(22)27)25(34)31-15-9-20(28)24(30)21(29)10-15/h3,6,8-10,13,16-18H,4-5,7,11-12H2,1-2H3,(H,31,34)/t13-,16+,17?,18?/m1/s1. The number of hydrogen-bond donors (Lipinski definition) is 1. The van der Waals surface area contributed by atoms with Crippen LogP contribution in [0.5, 0.6) is 0 Å². The largest absolute Gasteiger partial charge is 0.469 e. The molecule has 210 valence electrons. The summed E-state index contributed by atoms with van der Waals surface area (Å²) in [4.78, 5) is 38.8. The number of nitrogens with one attached hydrogen (secondary N) is 1. The molecule has 2 aliphatic heterocycles. The lowest BCUT2D eigenvalue weighted by atomic mass is 9.98. The van der Waals surface area contributed by atoms with Crippen molar-refractivity contribution in [3.05, 3.63) is 58.4 Å². The lowest BCUT2D eigenvalue weighted by molar-refractivity contribution is -0.148. The van der Waals surface area contributed by atoms with Gasteiger partial charge >= 0.3 is 5.97 Å². The molecule has 4 rings (SSSR count). The molecule has 0 aliphatic carbocycles. The van der Waals surface area contributed by atoms with Crippen molar-refractivity contribution < 1.29 is 40.7 Å². The Morgan fingerprint density at radius 3 is 2.23 bits per heavy atom. The number of esters is 1. The van der Waals surface area contributed by atoms with Gasteiger partial charge in [0.15, 0.2) is 27.3 Å². The molecule has 0 aromatic heterocycles. The first-order valence-corrected chi connectivity index (χ1v) is 14.1. The summed E-state index contributed by atoms with van der Waals surface area (Å²) < 4.78 is 72.2. The van der Waals surface area contributed by atoms with Crippen molar-refractivity contribution >= 4 is 44.9 Å². The molecule has 2 saturated heterocycles. The number of anilines is 1. The minimum absolute atomic E-state index is 0.0747. The first-order valence-electron chi connectivity index (χ1n) is 12.2. The molecular formula is C26H26ClF3N2O6S. The summed E-state index contributed by atoms with van der Waals surface area (Å²) in [6.07, 6.45) is 1.49. The molecular weight excluding hydrogens is 561 g/mol. The summed E-state index contributed by atoms with van der Waals surface area (Å²) in [6.45, 7) is 1.63. The highest BCUT2D eigenvalue weighted by Gasteiger charge is 2.48. The maximum absolute atomic E-state index is 13.7. The Morgan fingerprint density at radius 1 is 1.08 bits per heavy atom. The number of amides is 2. The lowest BCUT2D eigenvalue weighted by Gasteiger charge is -2.40. The van der Waals surface area contributed by atoms with Crippen molar-refractivity contribution in [2.45, 2.75) is 61.3 Å². The van der Waals surface area contributed by atoms with Gasteiger partial charge in [0.1, 0.15) is 0 Å². The number of carbonyl (C=O) groups is 3. The SMILES string of the molecule is COC(=O)C[C@@H](C)C(=O)N1C2CC[C@H]1CC(S(=O)(=O)c1cc(C(=O)Nc3cc(F)c(F)c(F)c3)ccc1Cl)C2. The molecule has 0 spiro atoms. The molecule has 2 aromatic rings. The fourth-order valence-electron chi connectivity index (χ4n) is 5.29. The van der Waals surface area contributed by atoms with E-state index in [1.165, 1.54) is 19.2 Å². The van der Waals surface area contributed by atoms with E-state index < -0.39 is 50.3 Å². The van der Waals surface area contributed by atoms with E-state index >= 15 is 0 Å². The molecule has 4 atom stereocenters. The third-order valence-electron chi connectivity index (χ3n) is 7.25. The Bertz CT molecular complexity index is 1400. The van der Waals surface area contributed by atoms with Crippen LogP contribution in [0.25, 0.3) is 0 Å². The van der Waals surface area contributed by atoms with Gasteiger partial charge < -0.3 is 15.0 Å². The topological polar surface area (TPSA) is 110 Å². The van der Waals surface area contributed by atoms with E-state index in [0.717, 1.165) is 6.07 Å². The van der Waals surface area contributed by atoms with Gasteiger partial charge in [0, 0.05) is 41.4 Å². The highest BCUT2D eigenvalue weighted by molar-refractivity contribution is 7.92. The van der Waals surface area contributed by atoms with Gasteiger partial charge in [0.25, 0.3) is 5.91 Å². The van der Waals surface area contributed by atoms with Crippen LogP contribution in [0.1, 0.15) is 49.4 Å². The number of sulfone groups is 1. The van der Waals surface area contributed by atoms with E-state index in [1.54, 1.807) is 11.8 Å². The number of nitrogens with zero attached hydrogens (tertiary/aromatic N) is 1. The van der Waals surface area contributed by atoms with Crippen LogP contribution in [0.3, 0.4) is 0 Å². The molecule has 2 fully saturated rings. The minimum atomic E-state index is -4.05. The van der Waals surface area contributed by atoms with Crippen LogP contribution in [0, 0.1) is 23.4 Å². The van der Waals surface area contributed by atoms with Gasteiger partial charge in [-0.15, -0.1) is 0 Å². The third-order valence-corrected chi connectivity index (χ3v) is 9.90. The summed E-state index contributed by atoms with van der Waals surface area (Å²) in [5, 5.41) is 1.24. The Labute approximate surface area is 228 Å². The average molecular weight is 587 g/mol. The van der Waals surface area contributed by atoms with Crippen molar-refractivity contribution in [2.75, 3.05) is 12.4 Å². The Kier molecular flexibility index (Phi) is 8.27. The van der Waals surface area contributed by atoms with Gasteiger partial charge in [0.05, 0.1) is 28.7 Å². The first kappa shape index (κ1) is 28.9. The zero-order chi connectivity index (χ0) is 28.6. The molecule has 0 saturated carbocycles. The van der Waals surface area contributed by atoms with Crippen LogP contribution in [0.15, 0.2) is 35.2 Å². The van der Waals surface area contributed by atoms with Crippen LogP contribution < -0.4 is 5.32 Å². The normalized spacial score (nSPS) is 21.4. The van der Waals surface area contributed by atoms with Crippen molar-refractivity contribution in [1.82, 2.24) is 4.90 Å². The number of halogens is 4. The monoisotopic (exact) mass is 586 g/mol. The number of hydrogen-bond acceptors (Lipinski definition) is 6. The van der Waals surface area contributed by atoms with Crippen molar-refractivity contribution in [1.29, 1.82) is 0 Å². The zero-order valence-corrected chi connectivity index (χ0v) is 22.6. The van der Waals surface area contributed by atoms with Crippen LogP contribution in [-0.4, -0.2) is 55.5 Å². The van der Waals surface area contributed by atoms with E-state index in [2.05, 4.69) is 10.1 Å². The second-order valence-electron chi connectivity index (χ2n) is 9.80. The molecule has 2 bridgehead atoms. The fraction of sp³-hybridized carbons (Fsp3) is 0.423. The van der Waals surface area contributed by atoms with E-state index in [1.807, 2.05) is 0 Å². The number of rotatable bonds is 7. The maximum Gasteiger partial charge on any atom is 0.306 e. The molecule has 2 aromatic carbocycles. The highest BCUT2D eigenvalue weighted by atomic mass is 35.5. The molecule has 8 nitrogen and oxygen atoms in total. The first-order chi connectivity index (χ1) is 18.3. The van der Waals surface area contributed by atoms with E-state index in [-0.39, 0.29) is 58.4 Å². The van der Waals surface area contributed by atoms with Crippen LogP contribution in [0.2, 0.25) is 5.02 Å². The average Bonchev–Trinajstić information content (AvgIpc) is 3.14. The van der Waals surface area contributed by atoms with Gasteiger partial charge in [0.2, 0.25) is 5.91 Å². The molecule has 2 unspecified atom stereocenters. The number of benzene rings is 2. The smallest absolute Gasteiger partial charge is 0.306 e. The van der Waals surface area contributed by atoms with Crippen LogP contribution in [0.4, 0.5) is 18.9 Å². The van der Waals surface area contributed by atoms with Gasteiger partial charge in [-0.2, -0.15) is 0 Å². The molecule has 2 amide bonds. The Hall–Kier alpha value is -3.12. The summed E-state index contributed by atoms with van der Waals surface area (Å²) in [5.74, 6) is -6.90. The van der Waals surface area contributed by atoms with Gasteiger partial charge in [-0.25, -0.2) is 21.6 Å². The number of carbonyl (C=O) groups excluding carboxylic acids is 3. The van der Waals surface area contributed by atoms with Crippen molar-refractivity contribution in [3.8, 4) is 0 Å². The number of fused-ring (bicyclic) bond motifs is 2. The highest BCUT2D eigenvalue weighted by Crippen LogP contribution is 2.42. The number of methoxy groups -OCH3 is 1. The van der Waals surface area contributed by atoms with E-state index in [0.29, 0.717) is 25.0 Å². The summed E-state index contributed by atoms with van der Waals surface area (Å²) in [7, 11) is -2.81. The number of ether oxygens (including phenoxy) is 1. The van der Waals surface area contributed by atoms with Crippen LogP contribution >= 0.6 is 11.6 Å². The quantitative estimate of drug-likeness (QED) is 0.378. The zero-order valence-electron chi connectivity index (χ0n) is 21.0. The molecule has 2 aliphatic rings. The summed E-state index contributed by atoms with van der Waals surface area (Å²) >= 11 is 6.24. The fourth-order valence-corrected chi connectivity index (χ4v) is 7.67. The van der Waals surface area contributed by atoms with Crippen LogP contribution in [-0.2, 0) is 24.2 Å². The molecule has 13 heteroatoms. The van der Waals surface area contributed by atoms with Crippen molar-refractivity contribution in [2.24, 2.45) is 5.92 Å². The van der Waals surface area contributed by atoms with Gasteiger partial charge in [-0.05, 0) is 43.9 Å². The predicted octanol–water partition coefficient (Wildman–Crippen LogP) is 4.50. The molecule has 39 heavy (non-hydrogen) atoms. The Balaban J connectivity index is 1.53. The summed E-state index contributed by atoms with van der Waals surface area (Å²) in [5.41, 5.74) is -0.499. The van der Waals surface area contributed by atoms with Gasteiger partial charge in [-0.1, -0.05) is 18.5 Å². The van der Waals surface area contributed by atoms with E-state index in [4.69, 9.17) is 11.6 Å². The van der Waals surface area contributed by atoms with Crippen molar-refractivity contribution in [3.63, 3.8) is 0 Å². The second-order valence-corrected chi connectivity index (χ2v) is 12.4. The molecule has 1 N–H and O–H groups in total.